The third kappa shape index (κ3) is 14.7. The number of thioether (sulfide) groups is 2. The molecule has 0 aromatic heterocycles. The molecule has 0 saturated carbocycles. The molecule has 0 spiro atoms. The van der Waals surface area contributed by atoms with E-state index in [1.807, 2.05) is 107 Å². The van der Waals surface area contributed by atoms with Gasteiger partial charge in [0.2, 0.25) is 0 Å². The maximum Gasteiger partial charge on any atom is 0.0826 e. The summed E-state index contributed by atoms with van der Waals surface area (Å²) in [4.78, 5) is 4.47. The van der Waals surface area contributed by atoms with Gasteiger partial charge in [-0.1, -0.05) is 133 Å². The van der Waals surface area contributed by atoms with E-state index in [9.17, 15) is 10.2 Å². The van der Waals surface area contributed by atoms with Crippen LogP contribution in [-0.4, -0.2) is 71.0 Å². The van der Waals surface area contributed by atoms with E-state index >= 15 is 0 Å². The van der Waals surface area contributed by atoms with E-state index in [0.717, 1.165) is 81.0 Å². The number of para-hydroxylation sites is 6. The lowest BCUT2D eigenvalue weighted by molar-refractivity contribution is 0.204. The van der Waals surface area contributed by atoms with Crippen LogP contribution in [0.4, 0.5) is 45.5 Å². The fourth-order valence-corrected chi connectivity index (χ4v) is 9.79. The summed E-state index contributed by atoms with van der Waals surface area (Å²) in [6, 6.07) is 78.3. The van der Waals surface area contributed by atoms with Crippen LogP contribution in [0.3, 0.4) is 0 Å². The minimum atomic E-state index is -0.557. The summed E-state index contributed by atoms with van der Waals surface area (Å²) >= 11 is 3.54. The zero-order valence-electron chi connectivity index (χ0n) is 39.3. The third-order valence-electron chi connectivity index (χ3n) is 11.4. The molecule has 2 atom stereocenters. The Morgan fingerprint density at radius 3 is 0.886 bits per heavy atom. The number of aliphatic hydroxyl groups excluding tert-OH is 2. The highest BCUT2D eigenvalue weighted by atomic mass is 32.2. The van der Waals surface area contributed by atoms with Crippen molar-refractivity contribution in [3.63, 3.8) is 0 Å². The first kappa shape index (κ1) is 49.3. The van der Waals surface area contributed by atoms with E-state index < -0.39 is 12.2 Å². The lowest BCUT2D eigenvalue weighted by atomic mass is 10.1. The Labute approximate surface area is 422 Å². The molecule has 0 fully saturated rings. The maximum atomic E-state index is 11.2. The van der Waals surface area contributed by atoms with E-state index in [-0.39, 0.29) is 0 Å². The summed E-state index contributed by atoms with van der Waals surface area (Å²) in [5, 5.41) is 35.8. The second kappa shape index (κ2) is 26.6. The first-order valence-electron chi connectivity index (χ1n) is 23.8. The van der Waals surface area contributed by atoms with Gasteiger partial charge in [-0.15, -0.1) is 0 Å². The lowest BCUT2D eigenvalue weighted by Crippen LogP contribution is -2.30. The molecule has 70 heavy (non-hydrogen) atoms. The number of rotatable bonds is 25. The van der Waals surface area contributed by atoms with Gasteiger partial charge in [0.1, 0.15) is 0 Å². The molecule has 8 aromatic rings. The number of benzene rings is 8. The van der Waals surface area contributed by atoms with Gasteiger partial charge < -0.3 is 20.0 Å². The molecule has 0 bridgehead atoms. The number of hydrazone groups is 2. The molecule has 8 nitrogen and oxygen atoms in total. The molecule has 0 radical (unpaired) electrons. The summed E-state index contributed by atoms with van der Waals surface area (Å²) < 4.78 is 0. The molecular weight excluding hydrogens is 901 g/mol. The smallest absolute Gasteiger partial charge is 0.0826 e. The van der Waals surface area contributed by atoms with Crippen molar-refractivity contribution in [2.24, 2.45) is 10.2 Å². The molecule has 0 saturated heterocycles. The minimum absolute atomic E-state index is 0.383. The molecular formula is C60H60N6O2S2. The maximum absolute atomic E-state index is 11.2. The van der Waals surface area contributed by atoms with Crippen LogP contribution >= 0.6 is 23.5 Å². The van der Waals surface area contributed by atoms with Crippen LogP contribution in [0.1, 0.15) is 24.0 Å². The zero-order valence-corrected chi connectivity index (χ0v) is 40.9. The van der Waals surface area contributed by atoms with Gasteiger partial charge in [0, 0.05) is 45.6 Å². The fourth-order valence-electron chi connectivity index (χ4n) is 7.88. The van der Waals surface area contributed by atoms with Crippen molar-refractivity contribution >= 4 is 81.5 Å². The minimum Gasteiger partial charge on any atom is -0.390 e. The van der Waals surface area contributed by atoms with Crippen molar-refractivity contribution in [2.75, 3.05) is 55.9 Å². The summed E-state index contributed by atoms with van der Waals surface area (Å²) in [5.74, 6) is 3.15. The monoisotopic (exact) mass is 960 g/mol. The third-order valence-corrected chi connectivity index (χ3v) is 13.8. The van der Waals surface area contributed by atoms with Crippen molar-refractivity contribution in [2.45, 2.75) is 25.0 Å². The van der Waals surface area contributed by atoms with E-state index in [2.05, 4.69) is 155 Å². The number of aliphatic hydroxyl groups is 2. The molecule has 2 unspecified atom stereocenters. The highest BCUT2D eigenvalue weighted by molar-refractivity contribution is 7.99. The van der Waals surface area contributed by atoms with Gasteiger partial charge in [-0.05, 0) is 133 Å². The lowest BCUT2D eigenvalue weighted by Gasteiger charge is -2.25. The predicted octanol–water partition coefficient (Wildman–Crippen LogP) is 14.0. The summed E-state index contributed by atoms with van der Waals surface area (Å²) in [5.41, 5.74) is 10.3. The van der Waals surface area contributed by atoms with Crippen LogP contribution in [0.2, 0.25) is 0 Å². The molecule has 354 valence electrons. The van der Waals surface area contributed by atoms with Crippen molar-refractivity contribution in [1.82, 2.24) is 0 Å². The number of unbranched alkanes of at least 4 members (excludes halogenated alkanes) is 1. The van der Waals surface area contributed by atoms with E-state index in [4.69, 9.17) is 10.2 Å². The first-order valence-corrected chi connectivity index (χ1v) is 26.1. The van der Waals surface area contributed by atoms with Gasteiger partial charge in [0.15, 0.2) is 0 Å². The van der Waals surface area contributed by atoms with Crippen LogP contribution in [0.5, 0.6) is 0 Å². The van der Waals surface area contributed by atoms with Crippen molar-refractivity contribution in [3.8, 4) is 0 Å². The van der Waals surface area contributed by atoms with E-state index in [1.165, 1.54) is 0 Å². The van der Waals surface area contributed by atoms with Crippen LogP contribution in [-0.2, 0) is 0 Å². The molecule has 0 aliphatic rings. The van der Waals surface area contributed by atoms with Crippen LogP contribution in [0.15, 0.2) is 241 Å². The number of hydrogen-bond donors (Lipinski definition) is 2. The largest absolute Gasteiger partial charge is 0.390 e. The number of hydrogen-bond acceptors (Lipinski definition) is 10. The van der Waals surface area contributed by atoms with Gasteiger partial charge in [-0.25, -0.2) is 0 Å². The molecule has 0 aliphatic heterocycles. The second-order valence-corrected chi connectivity index (χ2v) is 19.0. The van der Waals surface area contributed by atoms with Crippen LogP contribution < -0.4 is 19.8 Å². The Morgan fingerprint density at radius 2 is 0.600 bits per heavy atom. The Balaban J connectivity index is 0.776. The van der Waals surface area contributed by atoms with Gasteiger partial charge in [-0.2, -0.15) is 33.7 Å². The van der Waals surface area contributed by atoms with Crippen molar-refractivity contribution in [3.05, 3.63) is 242 Å². The SMILES string of the molecule is OC(CSCCCCSCC(O)CN(/N=C/c1ccc(N(c2ccccc2)c2ccccc2)cc1)c1ccccc1)CN(/N=C/c1ccc(N(c2ccccc2)c2ccccc2)cc1)c1ccccc1. The Bertz CT molecular complexity index is 2480. The first-order chi connectivity index (χ1) is 34.6. The van der Waals surface area contributed by atoms with Gasteiger partial charge >= 0.3 is 0 Å². The van der Waals surface area contributed by atoms with Crippen molar-refractivity contribution < 1.29 is 10.2 Å². The number of nitrogens with zero attached hydrogens (tertiary/aromatic N) is 6. The van der Waals surface area contributed by atoms with Gasteiger partial charge in [0.05, 0.1) is 49.1 Å². The molecule has 0 aliphatic carbocycles. The Morgan fingerprint density at radius 1 is 0.343 bits per heavy atom. The van der Waals surface area contributed by atoms with Crippen LogP contribution in [0, 0.1) is 0 Å². The molecule has 8 rings (SSSR count). The average Bonchev–Trinajstić information content (AvgIpc) is 3.42. The molecule has 0 heterocycles. The highest BCUT2D eigenvalue weighted by Crippen LogP contribution is 2.35. The Hall–Kier alpha value is -7.08. The molecule has 8 aromatic carbocycles. The van der Waals surface area contributed by atoms with Gasteiger partial charge in [0.25, 0.3) is 0 Å². The zero-order chi connectivity index (χ0) is 48.0. The van der Waals surface area contributed by atoms with E-state index in [1.54, 1.807) is 23.5 Å². The standard InChI is InChI=1S/C60H60N6O2S2/c67-59(45-63(51-21-7-1-8-22-51)61-43-49-33-37-57(38-34-49)65(53-25-11-3-12-26-53)54-27-13-4-14-28-54)47-69-41-19-20-42-70-48-60(68)46-64(52-23-9-2-10-24-52)62-44-50-35-39-58(40-36-50)66(55-29-15-5-16-30-55)56-31-17-6-18-32-56/h1-18,21-40,43-44,59-60,67-68H,19-20,41-42,45-48H2/b61-43+,62-44+. The molecule has 10 heteroatoms. The quantitative estimate of drug-likeness (QED) is 0.0333. The average molecular weight is 961 g/mol. The number of anilines is 8. The summed E-state index contributed by atoms with van der Waals surface area (Å²) in [6.45, 7) is 0.765. The van der Waals surface area contributed by atoms with Crippen LogP contribution in [0.25, 0.3) is 0 Å². The second-order valence-electron chi connectivity index (χ2n) is 16.7. The van der Waals surface area contributed by atoms with E-state index in [0.29, 0.717) is 24.6 Å². The topological polar surface area (TPSA) is 78.1 Å². The molecule has 0 amide bonds. The molecule has 2 N–H and O–H groups in total. The Kier molecular flexibility index (Phi) is 18.8. The fraction of sp³-hybridized carbons (Fsp3) is 0.167. The normalized spacial score (nSPS) is 12.2. The summed E-state index contributed by atoms with van der Waals surface area (Å²) in [6.07, 6.45) is 4.68. The predicted molar refractivity (Wildman–Crippen MR) is 301 cm³/mol. The highest BCUT2D eigenvalue weighted by Gasteiger charge is 2.16. The summed E-state index contributed by atoms with van der Waals surface area (Å²) in [7, 11) is 0. The van der Waals surface area contributed by atoms with Crippen molar-refractivity contribution in [1.29, 1.82) is 0 Å². The van der Waals surface area contributed by atoms with Gasteiger partial charge in [-0.3, -0.25) is 10.0 Å².